The van der Waals surface area contributed by atoms with E-state index in [-0.39, 0.29) is 0 Å². The minimum atomic E-state index is 0.433. The molecule has 0 aliphatic carbocycles. The fraction of sp³-hybridized carbons (Fsp3) is 1.00. The highest BCUT2D eigenvalue weighted by Gasteiger charge is 2.15. The molecule has 0 saturated carbocycles. The van der Waals surface area contributed by atoms with Gasteiger partial charge in [-0.3, -0.25) is 0 Å². The molecule has 2 nitrogen and oxygen atoms in total. The Morgan fingerprint density at radius 1 is 1.14 bits per heavy atom. The largest absolute Gasteiger partial charge is 0.329 e. The summed E-state index contributed by atoms with van der Waals surface area (Å²) in [5.74, 6) is 0. The van der Waals surface area contributed by atoms with Crippen LogP contribution in [0.25, 0.3) is 0 Å². The second-order valence-corrected chi connectivity index (χ2v) is 4.94. The van der Waals surface area contributed by atoms with Crippen LogP contribution in [-0.2, 0) is 0 Å². The standard InChI is InChI=1S/C12H28N2/c1-4-5-6-7-8-12(2,3)11-14-10-9-13/h14H,4-11,13H2,1-3H3. The monoisotopic (exact) mass is 200 g/mol. The van der Waals surface area contributed by atoms with Crippen molar-refractivity contribution >= 4 is 0 Å². The van der Waals surface area contributed by atoms with Gasteiger partial charge in [0, 0.05) is 19.6 Å². The number of nitrogens with two attached hydrogens (primary N) is 1. The molecular weight excluding hydrogens is 172 g/mol. The van der Waals surface area contributed by atoms with Crippen molar-refractivity contribution in [3.63, 3.8) is 0 Å². The zero-order valence-electron chi connectivity index (χ0n) is 10.2. The molecule has 0 unspecified atom stereocenters. The van der Waals surface area contributed by atoms with Gasteiger partial charge in [0.05, 0.1) is 0 Å². The molecule has 0 bridgehead atoms. The molecule has 0 radical (unpaired) electrons. The van der Waals surface area contributed by atoms with Gasteiger partial charge >= 0.3 is 0 Å². The van der Waals surface area contributed by atoms with Gasteiger partial charge in [0.1, 0.15) is 0 Å². The van der Waals surface area contributed by atoms with E-state index in [1.807, 2.05) is 0 Å². The van der Waals surface area contributed by atoms with Crippen molar-refractivity contribution in [3.8, 4) is 0 Å². The van der Waals surface area contributed by atoms with E-state index >= 15 is 0 Å². The van der Waals surface area contributed by atoms with Gasteiger partial charge in [-0.05, 0) is 11.8 Å². The van der Waals surface area contributed by atoms with Crippen molar-refractivity contribution in [2.45, 2.75) is 52.9 Å². The zero-order chi connectivity index (χ0) is 10.9. The van der Waals surface area contributed by atoms with Crippen molar-refractivity contribution < 1.29 is 0 Å². The third-order valence-corrected chi connectivity index (χ3v) is 2.63. The van der Waals surface area contributed by atoms with E-state index in [0.29, 0.717) is 5.41 Å². The fourth-order valence-electron chi connectivity index (χ4n) is 1.65. The third-order valence-electron chi connectivity index (χ3n) is 2.63. The molecule has 0 amide bonds. The number of nitrogens with one attached hydrogen (secondary N) is 1. The normalized spacial score (nSPS) is 12.0. The molecular formula is C12H28N2. The first kappa shape index (κ1) is 13.9. The van der Waals surface area contributed by atoms with E-state index in [4.69, 9.17) is 5.73 Å². The van der Waals surface area contributed by atoms with E-state index in [1.165, 1.54) is 32.1 Å². The molecule has 0 aromatic carbocycles. The van der Waals surface area contributed by atoms with E-state index in [2.05, 4.69) is 26.1 Å². The molecule has 2 heteroatoms. The van der Waals surface area contributed by atoms with Gasteiger partial charge in [-0.25, -0.2) is 0 Å². The van der Waals surface area contributed by atoms with Gasteiger partial charge in [0.25, 0.3) is 0 Å². The lowest BCUT2D eigenvalue weighted by molar-refractivity contribution is 0.303. The smallest absolute Gasteiger partial charge is 0.00747 e. The minimum absolute atomic E-state index is 0.433. The van der Waals surface area contributed by atoms with Gasteiger partial charge in [0.2, 0.25) is 0 Å². The quantitative estimate of drug-likeness (QED) is 0.561. The average molecular weight is 200 g/mol. The lowest BCUT2D eigenvalue weighted by Crippen LogP contribution is -2.32. The molecule has 0 fully saturated rings. The number of hydrogen-bond donors (Lipinski definition) is 2. The van der Waals surface area contributed by atoms with Gasteiger partial charge in [-0.2, -0.15) is 0 Å². The zero-order valence-corrected chi connectivity index (χ0v) is 10.2. The SMILES string of the molecule is CCCCCCC(C)(C)CNCCN. The molecule has 0 aromatic rings. The summed E-state index contributed by atoms with van der Waals surface area (Å²) in [5, 5.41) is 3.39. The molecule has 0 rings (SSSR count). The van der Waals surface area contributed by atoms with Crippen molar-refractivity contribution in [2.75, 3.05) is 19.6 Å². The highest BCUT2D eigenvalue weighted by atomic mass is 14.9. The third kappa shape index (κ3) is 8.52. The average Bonchev–Trinajstić information content (AvgIpc) is 2.13. The van der Waals surface area contributed by atoms with Crippen LogP contribution in [0.1, 0.15) is 52.9 Å². The molecule has 0 aliphatic rings. The Morgan fingerprint density at radius 2 is 1.86 bits per heavy atom. The molecule has 0 aromatic heterocycles. The van der Waals surface area contributed by atoms with Crippen LogP contribution in [0.15, 0.2) is 0 Å². The molecule has 0 saturated heterocycles. The van der Waals surface area contributed by atoms with Crippen LogP contribution in [0.3, 0.4) is 0 Å². The van der Waals surface area contributed by atoms with Gasteiger partial charge < -0.3 is 11.1 Å². The molecule has 0 aliphatic heterocycles. The van der Waals surface area contributed by atoms with E-state index in [9.17, 15) is 0 Å². The van der Waals surface area contributed by atoms with Crippen LogP contribution in [0.4, 0.5) is 0 Å². The summed E-state index contributed by atoms with van der Waals surface area (Å²) in [7, 11) is 0. The lowest BCUT2D eigenvalue weighted by atomic mass is 9.87. The Balaban J connectivity index is 3.40. The Labute approximate surface area is 89.6 Å². The summed E-state index contributed by atoms with van der Waals surface area (Å²) in [6.07, 6.45) is 6.78. The number of rotatable bonds is 9. The predicted octanol–water partition coefficient (Wildman–Crippen LogP) is 2.53. The molecule has 0 atom stereocenters. The fourth-order valence-corrected chi connectivity index (χ4v) is 1.65. The maximum absolute atomic E-state index is 5.44. The van der Waals surface area contributed by atoms with Crippen LogP contribution in [0.2, 0.25) is 0 Å². The molecule has 3 N–H and O–H groups in total. The first-order valence-electron chi connectivity index (χ1n) is 6.03. The maximum Gasteiger partial charge on any atom is 0.00747 e. The van der Waals surface area contributed by atoms with E-state index < -0.39 is 0 Å². The van der Waals surface area contributed by atoms with Crippen molar-refractivity contribution in [1.82, 2.24) is 5.32 Å². The Kier molecular flexibility index (Phi) is 8.20. The first-order chi connectivity index (χ1) is 6.62. The number of hydrogen-bond acceptors (Lipinski definition) is 2. The highest BCUT2D eigenvalue weighted by molar-refractivity contribution is 4.71. The summed E-state index contributed by atoms with van der Waals surface area (Å²) in [4.78, 5) is 0. The lowest BCUT2D eigenvalue weighted by Gasteiger charge is -2.25. The molecule has 0 heterocycles. The van der Waals surface area contributed by atoms with Crippen LogP contribution in [0, 0.1) is 5.41 Å². The molecule has 0 spiro atoms. The van der Waals surface area contributed by atoms with Crippen LogP contribution in [-0.4, -0.2) is 19.6 Å². The van der Waals surface area contributed by atoms with Crippen molar-refractivity contribution in [1.29, 1.82) is 0 Å². The van der Waals surface area contributed by atoms with Gasteiger partial charge in [-0.1, -0.05) is 46.5 Å². The minimum Gasteiger partial charge on any atom is -0.329 e. The van der Waals surface area contributed by atoms with Crippen LogP contribution in [0.5, 0.6) is 0 Å². The van der Waals surface area contributed by atoms with Crippen LogP contribution < -0.4 is 11.1 Å². The summed E-state index contributed by atoms with van der Waals surface area (Å²) < 4.78 is 0. The predicted molar refractivity (Wildman–Crippen MR) is 64.5 cm³/mol. The molecule has 86 valence electrons. The van der Waals surface area contributed by atoms with Gasteiger partial charge in [0.15, 0.2) is 0 Å². The second-order valence-electron chi connectivity index (χ2n) is 4.94. The first-order valence-corrected chi connectivity index (χ1v) is 6.03. The van der Waals surface area contributed by atoms with E-state index in [0.717, 1.165) is 19.6 Å². The van der Waals surface area contributed by atoms with Crippen molar-refractivity contribution in [2.24, 2.45) is 11.1 Å². The summed E-state index contributed by atoms with van der Waals surface area (Å²) in [6, 6.07) is 0. The topological polar surface area (TPSA) is 38.0 Å². The van der Waals surface area contributed by atoms with Gasteiger partial charge in [-0.15, -0.1) is 0 Å². The summed E-state index contributed by atoms with van der Waals surface area (Å²) in [6.45, 7) is 9.71. The highest BCUT2D eigenvalue weighted by Crippen LogP contribution is 2.22. The second kappa shape index (κ2) is 8.25. The van der Waals surface area contributed by atoms with Crippen molar-refractivity contribution in [3.05, 3.63) is 0 Å². The van der Waals surface area contributed by atoms with Crippen LogP contribution >= 0.6 is 0 Å². The molecule has 14 heavy (non-hydrogen) atoms. The Bertz CT molecular complexity index is 121. The Morgan fingerprint density at radius 3 is 2.43 bits per heavy atom. The summed E-state index contributed by atoms with van der Waals surface area (Å²) >= 11 is 0. The maximum atomic E-state index is 5.44. The number of unbranched alkanes of at least 4 members (excludes halogenated alkanes) is 3. The van der Waals surface area contributed by atoms with E-state index in [1.54, 1.807) is 0 Å². The Hall–Kier alpha value is -0.0800. The summed E-state index contributed by atoms with van der Waals surface area (Å²) in [5.41, 5.74) is 5.87.